The van der Waals surface area contributed by atoms with Crippen LogP contribution in [0.5, 0.6) is 5.75 Å². The Hall–Kier alpha value is -2.08. The van der Waals surface area contributed by atoms with E-state index in [2.05, 4.69) is 16.0 Å². The highest BCUT2D eigenvalue weighted by Crippen LogP contribution is 2.28. The molecular formula is C15H21N3O3. The Morgan fingerprint density at radius 1 is 1.38 bits per heavy atom. The number of fused-ring (bicyclic) bond motifs is 1. The number of anilines is 1. The quantitative estimate of drug-likeness (QED) is 0.757. The molecule has 0 fully saturated rings. The van der Waals surface area contributed by atoms with Crippen LogP contribution in [-0.4, -0.2) is 30.5 Å². The van der Waals surface area contributed by atoms with Gasteiger partial charge < -0.3 is 20.7 Å². The maximum absolute atomic E-state index is 11.8. The predicted octanol–water partition coefficient (Wildman–Crippen LogP) is 1.02. The van der Waals surface area contributed by atoms with Gasteiger partial charge in [0.05, 0.1) is 11.7 Å². The van der Waals surface area contributed by atoms with Crippen molar-refractivity contribution in [3.05, 3.63) is 23.8 Å². The fourth-order valence-electron chi connectivity index (χ4n) is 2.01. The van der Waals surface area contributed by atoms with Crippen molar-refractivity contribution in [2.24, 2.45) is 0 Å². The third-order valence-electron chi connectivity index (χ3n) is 3.11. The van der Waals surface area contributed by atoms with Gasteiger partial charge in [0.2, 0.25) is 5.91 Å². The fraction of sp³-hybridized carbons (Fsp3) is 0.467. The highest BCUT2D eigenvalue weighted by atomic mass is 16.5. The average Bonchev–Trinajstić information content (AvgIpc) is 2.43. The van der Waals surface area contributed by atoms with Crippen molar-refractivity contribution < 1.29 is 14.3 Å². The van der Waals surface area contributed by atoms with Crippen LogP contribution in [0.3, 0.4) is 0 Å². The van der Waals surface area contributed by atoms with E-state index in [1.165, 1.54) is 0 Å². The third-order valence-corrected chi connectivity index (χ3v) is 3.11. The molecule has 1 aromatic carbocycles. The van der Waals surface area contributed by atoms with Crippen molar-refractivity contribution in [3.8, 4) is 5.75 Å². The molecule has 0 saturated carbocycles. The number of benzene rings is 1. The summed E-state index contributed by atoms with van der Waals surface area (Å²) in [6, 6.07) is 5.43. The summed E-state index contributed by atoms with van der Waals surface area (Å²) in [5.41, 5.74) is 1.65. The molecule has 1 aliphatic rings. The highest BCUT2D eigenvalue weighted by Gasteiger charge is 2.17. The van der Waals surface area contributed by atoms with Gasteiger partial charge in [0.1, 0.15) is 5.75 Å². The van der Waals surface area contributed by atoms with E-state index in [1.807, 2.05) is 39.0 Å². The number of ether oxygens (including phenoxy) is 1. The minimum Gasteiger partial charge on any atom is -0.482 e. The Balaban J connectivity index is 1.93. The molecule has 1 unspecified atom stereocenters. The molecule has 1 aromatic rings. The Bertz CT molecular complexity index is 543. The van der Waals surface area contributed by atoms with Gasteiger partial charge in [-0.3, -0.25) is 9.59 Å². The van der Waals surface area contributed by atoms with Crippen molar-refractivity contribution in [2.75, 3.05) is 11.9 Å². The van der Waals surface area contributed by atoms with Crippen molar-refractivity contribution in [3.63, 3.8) is 0 Å². The second-order valence-electron chi connectivity index (χ2n) is 5.43. The molecule has 1 heterocycles. The Labute approximate surface area is 124 Å². The second-order valence-corrected chi connectivity index (χ2v) is 5.43. The standard InChI is InChI=1S/C15H21N3O3/c1-9(2)17-15(20)10(3)16-7-11-4-5-13-12(6-11)18-14(19)8-21-13/h4-6,9-10,16H,7-8H2,1-3H3,(H,17,20)(H,18,19). The largest absolute Gasteiger partial charge is 0.482 e. The van der Waals surface area contributed by atoms with Gasteiger partial charge in [0, 0.05) is 12.6 Å². The lowest BCUT2D eigenvalue weighted by Crippen LogP contribution is -2.44. The number of rotatable bonds is 5. The molecule has 2 amide bonds. The molecule has 1 aliphatic heterocycles. The molecule has 0 radical (unpaired) electrons. The number of nitrogens with one attached hydrogen (secondary N) is 3. The molecule has 0 saturated heterocycles. The zero-order chi connectivity index (χ0) is 15.4. The number of hydrogen-bond acceptors (Lipinski definition) is 4. The number of amides is 2. The van der Waals surface area contributed by atoms with E-state index in [9.17, 15) is 9.59 Å². The molecule has 0 spiro atoms. The molecule has 6 heteroatoms. The van der Waals surface area contributed by atoms with Gasteiger partial charge in [-0.05, 0) is 38.5 Å². The van der Waals surface area contributed by atoms with Gasteiger partial charge in [-0.25, -0.2) is 0 Å². The Morgan fingerprint density at radius 2 is 2.14 bits per heavy atom. The lowest BCUT2D eigenvalue weighted by atomic mass is 10.1. The van der Waals surface area contributed by atoms with Gasteiger partial charge in [-0.1, -0.05) is 6.07 Å². The van der Waals surface area contributed by atoms with Crippen molar-refractivity contribution in [1.82, 2.24) is 10.6 Å². The van der Waals surface area contributed by atoms with E-state index in [0.717, 1.165) is 5.56 Å². The summed E-state index contributed by atoms with van der Waals surface area (Å²) in [6.07, 6.45) is 0. The second kappa shape index (κ2) is 6.58. The summed E-state index contributed by atoms with van der Waals surface area (Å²) in [7, 11) is 0. The third kappa shape index (κ3) is 4.19. The molecule has 3 N–H and O–H groups in total. The van der Waals surface area contributed by atoms with E-state index in [1.54, 1.807) is 0 Å². The van der Waals surface area contributed by atoms with Crippen LogP contribution in [0, 0.1) is 0 Å². The SMILES string of the molecule is CC(C)NC(=O)C(C)NCc1ccc2c(c1)NC(=O)CO2. The van der Waals surface area contributed by atoms with Crippen molar-refractivity contribution in [1.29, 1.82) is 0 Å². The van der Waals surface area contributed by atoms with Crippen LogP contribution in [0.4, 0.5) is 5.69 Å². The molecular weight excluding hydrogens is 270 g/mol. The summed E-state index contributed by atoms with van der Waals surface area (Å²) in [5, 5.41) is 8.78. The first-order valence-electron chi connectivity index (χ1n) is 7.05. The first kappa shape index (κ1) is 15.3. The maximum atomic E-state index is 11.8. The Kier molecular flexibility index (Phi) is 4.80. The van der Waals surface area contributed by atoms with E-state index in [0.29, 0.717) is 18.0 Å². The summed E-state index contributed by atoms with van der Waals surface area (Å²) in [4.78, 5) is 23.1. The first-order valence-corrected chi connectivity index (χ1v) is 7.05. The number of carbonyl (C=O) groups is 2. The summed E-state index contributed by atoms with van der Waals surface area (Å²) >= 11 is 0. The monoisotopic (exact) mass is 291 g/mol. The van der Waals surface area contributed by atoms with Crippen LogP contribution in [0.25, 0.3) is 0 Å². The zero-order valence-electron chi connectivity index (χ0n) is 12.5. The van der Waals surface area contributed by atoms with Crippen LogP contribution < -0.4 is 20.7 Å². The Morgan fingerprint density at radius 3 is 2.86 bits per heavy atom. The lowest BCUT2D eigenvalue weighted by molar-refractivity contribution is -0.123. The molecule has 1 atom stereocenters. The summed E-state index contributed by atoms with van der Waals surface area (Å²) < 4.78 is 5.30. The van der Waals surface area contributed by atoms with Gasteiger partial charge >= 0.3 is 0 Å². The van der Waals surface area contributed by atoms with Crippen LogP contribution >= 0.6 is 0 Å². The molecule has 0 aliphatic carbocycles. The lowest BCUT2D eigenvalue weighted by Gasteiger charge is -2.19. The molecule has 2 rings (SSSR count). The minimum absolute atomic E-state index is 0.0282. The summed E-state index contributed by atoms with van der Waals surface area (Å²) in [6.45, 7) is 6.27. The fourth-order valence-corrected chi connectivity index (χ4v) is 2.01. The smallest absolute Gasteiger partial charge is 0.262 e. The molecule has 6 nitrogen and oxygen atoms in total. The van der Waals surface area contributed by atoms with Crippen LogP contribution in [-0.2, 0) is 16.1 Å². The van der Waals surface area contributed by atoms with E-state index >= 15 is 0 Å². The highest BCUT2D eigenvalue weighted by molar-refractivity contribution is 5.95. The molecule has 0 aromatic heterocycles. The number of carbonyl (C=O) groups excluding carboxylic acids is 2. The van der Waals surface area contributed by atoms with Crippen LogP contribution in [0.15, 0.2) is 18.2 Å². The molecule has 21 heavy (non-hydrogen) atoms. The normalized spacial score (nSPS) is 15.0. The number of hydrogen-bond donors (Lipinski definition) is 3. The predicted molar refractivity (Wildman–Crippen MR) is 80.1 cm³/mol. The first-order chi connectivity index (χ1) is 9.95. The topological polar surface area (TPSA) is 79.5 Å². The van der Waals surface area contributed by atoms with E-state index < -0.39 is 0 Å². The maximum Gasteiger partial charge on any atom is 0.262 e. The van der Waals surface area contributed by atoms with Gasteiger partial charge in [0.25, 0.3) is 5.91 Å². The van der Waals surface area contributed by atoms with Crippen molar-refractivity contribution >= 4 is 17.5 Å². The van der Waals surface area contributed by atoms with Gasteiger partial charge in [-0.2, -0.15) is 0 Å². The molecule has 0 bridgehead atoms. The van der Waals surface area contributed by atoms with E-state index in [-0.39, 0.29) is 30.5 Å². The average molecular weight is 291 g/mol. The van der Waals surface area contributed by atoms with Gasteiger partial charge in [0.15, 0.2) is 6.61 Å². The van der Waals surface area contributed by atoms with E-state index in [4.69, 9.17) is 4.74 Å². The van der Waals surface area contributed by atoms with Crippen LogP contribution in [0.1, 0.15) is 26.3 Å². The minimum atomic E-state index is -0.283. The van der Waals surface area contributed by atoms with Crippen molar-refractivity contribution in [2.45, 2.75) is 39.4 Å². The van der Waals surface area contributed by atoms with Gasteiger partial charge in [-0.15, -0.1) is 0 Å². The van der Waals surface area contributed by atoms with Crippen LogP contribution in [0.2, 0.25) is 0 Å². The summed E-state index contributed by atoms with van der Waals surface area (Å²) in [5.74, 6) is 0.487. The zero-order valence-corrected chi connectivity index (χ0v) is 12.5. The molecule has 114 valence electrons.